The van der Waals surface area contributed by atoms with Gasteiger partial charge in [-0.05, 0) is 30.5 Å². The van der Waals surface area contributed by atoms with Gasteiger partial charge in [-0.2, -0.15) is 0 Å². The number of hydrogen-bond donors (Lipinski definition) is 1. The van der Waals surface area contributed by atoms with Crippen molar-refractivity contribution in [2.75, 3.05) is 5.73 Å². The minimum Gasteiger partial charge on any atom is -0.399 e. The molecule has 0 aromatic heterocycles. The maximum atomic E-state index is 5.73. The van der Waals surface area contributed by atoms with Gasteiger partial charge in [-0.15, -0.1) is 0 Å². The molecule has 0 heterocycles. The van der Waals surface area contributed by atoms with Gasteiger partial charge in [0.1, 0.15) is 0 Å². The minimum absolute atomic E-state index is 0.382. The quantitative estimate of drug-likeness (QED) is 0.730. The third kappa shape index (κ3) is 3.38. The monoisotopic (exact) mass is 193 g/mol. The van der Waals surface area contributed by atoms with Crippen molar-refractivity contribution in [2.24, 2.45) is 0 Å². The van der Waals surface area contributed by atoms with E-state index in [1.165, 1.54) is 5.56 Å². The fourth-order valence-electron chi connectivity index (χ4n) is 1.35. The second-order valence-corrected chi connectivity index (χ2v) is 3.49. The van der Waals surface area contributed by atoms with E-state index in [0.29, 0.717) is 12.7 Å². The molecule has 0 amide bonds. The van der Waals surface area contributed by atoms with Crippen LogP contribution < -0.4 is 5.73 Å². The molecule has 2 N–H and O–H groups in total. The van der Waals surface area contributed by atoms with Crippen molar-refractivity contribution in [3.63, 3.8) is 0 Å². The molecule has 2 heteroatoms. The summed E-state index contributed by atoms with van der Waals surface area (Å²) < 4.78 is 5.73. The standard InChI is InChI=1S/C12H19NO/c1-3-12(4-2)14-9-10-5-7-11(13)8-6-10/h5-8,12H,3-4,9,13H2,1-2H3. The fourth-order valence-corrected chi connectivity index (χ4v) is 1.35. The van der Waals surface area contributed by atoms with E-state index in [0.717, 1.165) is 18.5 Å². The number of benzene rings is 1. The van der Waals surface area contributed by atoms with Crippen molar-refractivity contribution in [3.8, 4) is 0 Å². The van der Waals surface area contributed by atoms with Gasteiger partial charge in [0, 0.05) is 5.69 Å². The Morgan fingerprint density at radius 3 is 2.21 bits per heavy atom. The van der Waals surface area contributed by atoms with Gasteiger partial charge < -0.3 is 10.5 Å². The lowest BCUT2D eigenvalue weighted by atomic mass is 10.2. The lowest BCUT2D eigenvalue weighted by molar-refractivity contribution is 0.0358. The summed E-state index contributed by atoms with van der Waals surface area (Å²) in [7, 11) is 0. The molecule has 0 aliphatic rings. The largest absolute Gasteiger partial charge is 0.399 e. The zero-order valence-electron chi connectivity index (χ0n) is 8.99. The summed E-state index contributed by atoms with van der Waals surface area (Å²) >= 11 is 0. The summed E-state index contributed by atoms with van der Waals surface area (Å²) in [5, 5.41) is 0. The van der Waals surface area contributed by atoms with Crippen LogP contribution in [0.15, 0.2) is 24.3 Å². The van der Waals surface area contributed by atoms with Gasteiger partial charge in [-0.1, -0.05) is 26.0 Å². The average molecular weight is 193 g/mol. The molecule has 0 saturated heterocycles. The first-order chi connectivity index (χ1) is 6.76. The molecule has 14 heavy (non-hydrogen) atoms. The zero-order valence-corrected chi connectivity index (χ0v) is 8.99. The van der Waals surface area contributed by atoms with Crippen LogP contribution in [0.4, 0.5) is 5.69 Å². The molecule has 78 valence electrons. The van der Waals surface area contributed by atoms with Gasteiger partial charge in [0.25, 0.3) is 0 Å². The normalized spacial score (nSPS) is 10.8. The van der Waals surface area contributed by atoms with Gasteiger partial charge in [0.2, 0.25) is 0 Å². The molecule has 0 saturated carbocycles. The fraction of sp³-hybridized carbons (Fsp3) is 0.500. The van der Waals surface area contributed by atoms with E-state index in [1.54, 1.807) is 0 Å². The second-order valence-electron chi connectivity index (χ2n) is 3.49. The first kappa shape index (κ1) is 11.1. The molecule has 0 unspecified atom stereocenters. The van der Waals surface area contributed by atoms with Crippen LogP contribution in [-0.4, -0.2) is 6.10 Å². The highest BCUT2D eigenvalue weighted by Gasteiger charge is 2.02. The summed E-state index contributed by atoms with van der Waals surface area (Å²) in [4.78, 5) is 0. The van der Waals surface area contributed by atoms with Crippen molar-refractivity contribution < 1.29 is 4.74 Å². The Kier molecular flexibility index (Phi) is 4.47. The Labute approximate surface area is 86.1 Å². The van der Waals surface area contributed by atoms with Crippen LogP contribution in [0.1, 0.15) is 32.3 Å². The van der Waals surface area contributed by atoms with Gasteiger partial charge in [0.15, 0.2) is 0 Å². The van der Waals surface area contributed by atoms with Crippen LogP contribution in [0.3, 0.4) is 0 Å². The van der Waals surface area contributed by atoms with Crippen molar-refractivity contribution >= 4 is 5.69 Å². The third-order valence-corrected chi connectivity index (χ3v) is 2.38. The van der Waals surface area contributed by atoms with Crippen molar-refractivity contribution in [3.05, 3.63) is 29.8 Å². The molecule has 0 spiro atoms. The Morgan fingerprint density at radius 2 is 1.71 bits per heavy atom. The van der Waals surface area contributed by atoms with Gasteiger partial charge in [0.05, 0.1) is 12.7 Å². The van der Waals surface area contributed by atoms with Crippen LogP contribution in [-0.2, 0) is 11.3 Å². The van der Waals surface area contributed by atoms with Crippen LogP contribution in [0.25, 0.3) is 0 Å². The Hall–Kier alpha value is -1.02. The summed E-state index contributed by atoms with van der Waals surface area (Å²) in [6, 6.07) is 7.84. The number of nitrogen functional groups attached to an aromatic ring is 1. The van der Waals surface area contributed by atoms with Crippen LogP contribution in [0.5, 0.6) is 0 Å². The molecule has 1 aromatic carbocycles. The van der Waals surface area contributed by atoms with E-state index in [2.05, 4.69) is 13.8 Å². The zero-order chi connectivity index (χ0) is 10.4. The van der Waals surface area contributed by atoms with E-state index in [9.17, 15) is 0 Å². The molecular weight excluding hydrogens is 174 g/mol. The maximum absolute atomic E-state index is 5.73. The molecule has 2 nitrogen and oxygen atoms in total. The lowest BCUT2D eigenvalue weighted by Gasteiger charge is -2.13. The van der Waals surface area contributed by atoms with E-state index in [1.807, 2.05) is 24.3 Å². The van der Waals surface area contributed by atoms with Crippen molar-refractivity contribution in [1.29, 1.82) is 0 Å². The van der Waals surface area contributed by atoms with Gasteiger partial charge in [-0.25, -0.2) is 0 Å². The van der Waals surface area contributed by atoms with Gasteiger partial charge >= 0.3 is 0 Å². The average Bonchev–Trinajstić information content (AvgIpc) is 2.22. The smallest absolute Gasteiger partial charge is 0.0720 e. The maximum Gasteiger partial charge on any atom is 0.0720 e. The summed E-state index contributed by atoms with van der Waals surface area (Å²) in [5.74, 6) is 0. The molecular formula is C12H19NO. The van der Waals surface area contributed by atoms with Crippen LogP contribution >= 0.6 is 0 Å². The number of nitrogens with two attached hydrogens (primary N) is 1. The highest BCUT2D eigenvalue weighted by molar-refractivity contribution is 5.39. The van der Waals surface area contributed by atoms with Gasteiger partial charge in [-0.3, -0.25) is 0 Å². The highest BCUT2D eigenvalue weighted by atomic mass is 16.5. The predicted molar refractivity (Wildman–Crippen MR) is 60.0 cm³/mol. The topological polar surface area (TPSA) is 35.2 Å². The highest BCUT2D eigenvalue weighted by Crippen LogP contribution is 2.10. The van der Waals surface area contributed by atoms with E-state index < -0.39 is 0 Å². The lowest BCUT2D eigenvalue weighted by Crippen LogP contribution is -2.09. The molecule has 0 atom stereocenters. The summed E-state index contributed by atoms with van der Waals surface area (Å²) in [5.41, 5.74) is 7.58. The molecule has 1 rings (SSSR count). The van der Waals surface area contributed by atoms with Crippen molar-refractivity contribution in [2.45, 2.75) is 39.4 Å². The molecule has 0 bridgehead atoms. The molecule has 1 aromatic rings. The first-order valence-electron chi connectivity index (χ1n) is 5.22. The third-order valence-electron chi connectivity index (χ3n) is 2.38. The van der Waals surface area contributed by atoms with E-state index >= 15 is 0 Å². The number of ether oxygens (including phenoxy) is 1. The SMILES string of the molecule is CCC(CC)OCc1ccc(N)cc1. The summed E-state index contributed by atoms with van der Waals surface area (Å²) in [6.45, 7) is 4.99. The number of hydrogen-bond acceptors (Lipinski definition) is 2. The first-order valence-corrected chi connectivity index (χ1v) is 5.22. The van der Waals surface area contributed by atoms with Crippen LogP contribution in [0.2, 0.25) is 0 Å². The summed E-state index contributed by atoms with van der Waals surface area (Å²) in [6.07, 6.45) is 2.53. The number of anilines is 1. The predicted octanol–water partition coefficient (Wildman–Crippen LogP) is 2.97. The Morgan fingerprint density at radius 1 is 1.14 bits per heavy atom. The van der Waals surface area contributed by atoms with Crippen molar-refractivity contribution in [1.82, 2.24) is 0 Å². The molecule has 0 radical (unpaired) electrons. The Bertz CT molecular complexity index is 252. The molecule has 0 fully saturated rings. The molecule has 0 aliphatic carbocycles. The molecule has 0 aliphatic heterocycles. The minimum atomic E-state index is 0.382. The number of rotatable bonds is 5. The second kappa shape index (κ2) is 5.66. The Balaban J connectivity index is 2.41. The van der Waals surface area contributed by atoms with E-state index in [-0.39, 0.29) is 0 Å². The van der Waals surface area contributed by atoms with E-state index in [4.69, 9.17) is 10.5 Å². The van der Waals surface area contributed by atoms with Crippen LogP contribution in [0, 0.1) is 0 Å².